The molecule has 1 saturated heterocycles. The standard InChI is InChI=1S/C16H25NO2S/c1-5-19-13-7-6-12(10-14(13)18-4)17-15-11-20-9-8-16(15,2)3/h6-7,10,15,17H,5,8-9,11H2,1-4H3. The third-order valence-corrected chi connectivity index (χ3v) is 4.98. The third kappa shape index (κ3) is 3.54. The summed E-state index contributed by atoms with van der Waals surface area (Å²) in [5, 5.41) is 3.66. The van der Waals surface area contributed by atoms with E-state index in [2.05, 4.69) is 25.2 Å². The maximum Gasteiger partial charge on any atom is 0.162 e. The van der Waals surface area contributed by atoms with Crippen LogP contribution in [0.4, 0.5) is 5.69 Å². The number of methoxy groups -OCH3 is 1. The normalized spacial score (nSPS) is 21.3. The summed E-state index contributed by atoms with van der Waals surface area (Å²) in [7, 11) is 1.68. The van der Waals surface area contributed by atoms with Crippen molar-refractivity contribution in [1.29, 1.82) is 0 Å². The number of benzene rings is 1. The van der Waals surface area contributed by atoms with Crippen LogP contribution in [0.1, 0.15) is 27.2 Å². The Morgan fingerprint density at radius 2 is 2.15 bits per heavy atom. The van der Waals surface area contributed by atoms with E-state index in [0.29, 0.717) is 18.1 Å². The van der Waals surface area contributed by atoms with E-state index in [4.69, 9.17) is 9.47 Å². The fourth-order valence-electron chi connectivity index (χ4n) is 2.41. The Morgan fingerprint density at radius 1 is 1.35 bits per heavy atom. The zero-order valence-corrected chi connectivity index (χ0v) is 13.7. The van der Waals surface area contributed by atoms with Gasteiger partial charge in [-0.3, -0.25) is 0 Å². The van der Waals surface area contributed by atoms with Crippen LogP contribution in [0.5, 0.6) is 11.5 Å². The Bertz CT molecular complexity index is 448. The van der Waals surface area contributed by atoms with Crippen LogP contribution < -0.4 is 14.8 Å². The molecule has 1 heterocycles. The van der Waals surface area contributed by atoms with Gasteiger partial charge in [0.25, 0.3) is 0 Å². The average Bonchev–Trinajstić information content (AvgIpc) is 2.43. The molecule has 1 N–H and O–H groups in total. The highest BCUT2D eigenvalue weighted by atomic mass is 32.2. The number of hydrogen-bond acceptors (Lipinski definition) is 4. The predicted octanol–water partition coefficient (Wildman–Crippen LogP) is 4.04. The number of rotatable bonds is 5. The highest BCUT2D eigenvalue weighted by molar-refractivity contribution is 7.99. The van der Waals surface area contributed by atoms with Crippen LogP contribution in [0, 0.1) is 5.41 Å². The molecule has 0 amide bonds. The summed E-state index contributed by atoms with van der Waals surface area (Å²) >= 11 is 2.03. The molecule has 0 spiro atoms. The second-order valence-corrected chi connectivity index (χ2v) is 6.96. The largest absolute Gasteiger partial charge is 0.493 e. The smallest absolute Gasteiger partial charge is 0.162 e. The van der Waals surface area contributed by atoms with Crippen molar-refractivity contribution in [2.75, 3.05) is 30.5 Å². The minimum absolute atomic E-state index is 0.330. The fourth-order valence-corrected chi connectivity index (χ4v) is 4.01. The molecule has 1 fully saturated rings. The molecule has 4 heteroatoms. The summed E-state index contributed by atoms with van der Waals surface area (Å²) in [6.07, 6.45) is 1.25. The number of anilines is 1. The van der Waals surface area contributed by atoms with Crippen molar-refractivity contribution in [3.8, 4) is 11.5 Å². The lowest BCUT2D eigenvalue weighted by Gasteiger charge is -2.39. The Balaban J connectivity index is 2.13. The predicted molar refractivity (Wildman–Crippen MR) is 87.3 cm³/mol. The van der Waals surface area contributed by atoms with E-state index >= 15 is 0 Å². The molecule has 1 aromatic rings. The number of ether oxygens (including phenoxy) is 2. The van der Waals surface area contributed by atoms with Crippen molar-refractivity contribution in [2.45, 2.75) is 33.2 Å². The van der Waals surface area contributed by atoms with Crippen LogP contribution in [0.15, 0.2) is 18.2 Å². The molecule has 20 heavy (non-hydrogen) atoms. The first kappa shape index (κ1) is 15.4. The monoisotopic (exact) mass is 295 g/mol. The van der Waals surface area contributed by atoms with Gasteiger partial charge in [-0.2, -0.15) is 11.8 Å². The Labute approximate surface area is 126 Å². The average molecular weight is 295 g/mol. The van der Waals surface area contributed by atoms with Crippen molar-refractivity contribution in [3.63, 3.8) is 0 Å². The summed E-state index contributed by atoms with van der Waals surface area (Å²) in [5.74, 6) is 4.01. The zero-order chi connectivity index (χ0) is 14.6. The van der Waals surface area contributed by atoms with Gasteiger partial charge in [-0.1, -0.05) is 13.8 Å². The van der Waals surface area contributed by atoms with Gasteiger partial charge < -0.3 is 14.8 Å². The molecule has 2 rings (SSSR count). The molecule has 0 radical (unpaired) electrons. The number of nitrogens with one attached hydrogen (secondary N) is 1. The van der Waals surface area contributed by atoms with Crippen LogP contribution in [-0.2, 0) is 0 Å². The van der Waals surface area contributed by atoms with Crippen LogP contribution in [0.3, 0.4) is 0 Å². The fraction of sp³-hybridized carbons (Fsp3) is 0.625. The van der Waals surface area contributed by atoms with E-state index in [-0.39, 0.29) is 0 Å². The van der Waals surface area contributed by atoms with Gasteiger partial charge in [0.2, 0.25) is 0 Å². The van der Waals surface area contributed by atoms with Gasteiger partial charge in [-0.05, 0) is 36.6 Å². The lowest BCUT2D eigenvalue weighted by Crippen LogP contribution is -2.41. The van der Waals surface area contributed by atoms with Crippen molar-refractivity contribution in [2.24, 2.45) is 5.41 Å². The summed E-state index contributed by atoms with van der Waals surface area (Å²) in [6.45, 7) is 7.31. The molecule has 0 aromatic heterocycles. The van der Waals surface area contributed by atoms with E-state index in [1.807, 2.05) is 30.8 Å². The highest BCUT2D eigenvalue weighted by Crippen LogP contribution is 2.37. The summed E-state index contributed by atoms with van der Waals surface area (Å²) in [4.78, 5) is 0. The summed E-state index contributed by atoms with van der Waals surface area (Å²) in [6, 6.07) is 6.57. The molecule has 112 valence electrons. The third-order valence-electron chi connectivity index (χ3n) is 3.92. The molecule has 0 saturated carbocycles. The SMILES string of the molecule is CCOc1ccc(NC2CSCCC2(C)C)cc1OC. The van der Waals surface area contributed by atoms with E-state index in [9.17, 15) is 0 Å². The number of hydrogen-bond donors (Lipinski definition) is 1. The molecule has 1 aliphatic rings. The first-order chi connectivity index (χ1) is 9.56. The van der Waals surface area contributed by atoms with E-state index in [0.717, 1.165) is 22.9 Å². The van der Waals surface area contributed by atoms with Gasteiger partial charge in [0, 0.05) is 23.5 Å². The van der Waals surface area contributed by atoms with Crippen molar-refractivity contribution >= 4 is 17.4 Å². The van der Waals surface area contributed by atoms with Gasteiger partial charge in [0.15, 0.2) is 11.5 Å². The second-order valence-electron chi connectivity index (χ2n) is 5.81. The first-order valence-corrected chi connectivity index (χ1v) is 8.37. The zero-order valence-electron chi connectivity index (χ0n) is 12.9. The molecule has 0 aliphatic carbocycles. The van der Waals surface area contributed by atoms with Gasteiger partial charge in [-0.25, -0.2) is 0 Å². The van der Waals surface area contributed by atoms with E-state index < -0.39 is 0 Å². The van der Waals surface area contributed by atoms with Crippen LogP contribution in [0.25, 0.3) is 0 Å². The lowest BCUT2D eigenvalue weighted by atomic mass is 9.82. The lowest BCUT2D eigenvalue weighted by molar-refractivity contribution is 0.304. The van der Waals surface area contributed by atoms with Crippen LogP contribution in [0.2, 0.25) is 0 Å². The van der Waals surface area contributed by atoms with Gasteiger partial charge in [0.05, 0.1) is 13.7 Å². The molecular weight excluding hydrogens is 270 g/mol. The highest BCUT2D eigenvalue weighted by Gasteiger charge is 2.32. The Kier molecular flexibility index (Phi) is 5.08. The second kappa shape index (κ2) is 6.61. The van der Waals surface area contributed by atoms with Crippen molar-refractivity contribution in [1.82, 2.24) is 0 Å². The first-order valence-electron chi connectivity index (χ1n) is 7.22. The topological polar surface area (TPSA) is 30.5 Å². The van der Waals surface area contributed by atoms with Crippen molar-refractivity contribution in [3.05, 3.63) is 18.2 Å². The Morgan fingerprint density at radius 3 is 2.80 bits per heavy atom. The van der Waals surface area contributed by atoms with Crippen molar-refractivity contribution < 1.29 is 9.47 Å². The van der Waals surface area contributed by atoms with E-state index in [1.165, 1.54) is 12.2 Å². The minimum atomic E-state index is 0.330. The molecule has 1 aromatic carbocycles. The molecule has 3 nitrogen and oxygen atoms in total. The maximum absolute atomic E-state index is 5.56. The molecule has 1 unspecified atom stereocenters. The summed E-state index contributed by atoms with van der Waals surface area (Å²) in [5.41, 5.74) is 1.43. The quantitative estimate of drug-likeness (QED) is 0.888. The molecule has 1 aliphatic heterocycles. The van der Waals surface area contributed by atoms with Gasteiger partial charge >= 0.3 is 0 Å². The Hall–Kier alpha value is -1.03. The molecule has 1 atom stereocenters. The minimum Gasteiger partial charge on any atom is -0.493 e. The van der Waals surface area contributed by atoms with E-state index in [1.54, 1.807) is 7.11 Å². The van der Waals surface area contributed by atoms with Crippen LogP contribution in [-0.4, -0.2) is 31.3 Å². The summed E-state index contributed by atoms with van der Waals surface area (Å²) < 4.78 is 11.0. The number of thioether (sulfide) groups is 1. The molecule has 0 bridgehead atoms. The molecular formula is C16H25NO2S. The van der Waals surface area contributed by atoms with Gasteiger partial charge in [-0.15, -0.1) is 0 Å². The van der Waals surface area contributed by atoms with Gasteiger partial charge in [0.1, 0.15) is 0 Å². The van der Waals surface area contributed by atoms with Crippen LogP contribution >= 0.6 is 11.8 Å². The maximum atomic E-state index is 5.56.